The van der Waals surface area contributed by atoms with Gasteiger partial charge in [-0.25, -0.2) is 4.79 Å². The van der Waals surface area contributed by atoms with Crippen molar-refractivity contribution in [3.05, 3.63) is 41.7 Å². The van der Waals surface area contributed by atoms with E-state index in [-0.39, 0.29) is 5.56 Å². The summed E-state index contributed by atoms with van der Waals surface area (Å²) in [6.07, 6.45) is 1.35. The molecule has 0 aliphatic heterocycles. The predicted octanol–water partition coefficient (Wildman–Crippen LogP) is 1.98. The van der Waals surface area contributed by atoms with Crippen LogP contribution < -0.4 is 9.47 Å². The second-order valence-electron chi connectivity index (χ2n) is 4.17. The standard InChI is InChI=1S/C14H16N2O4/c1-10-11(14(17)18)9-15-16(10)7-8-20-13-6-4-3-5-12(13)19-2/h3-6,9H,7-8H2,1-2H3,(H,17,18). The van der Waals surface area contributed by atoms with Crippen molar-refractivity contribution in [3.63, 3.8) is 0 Å². The maximum atomic E-state index is 10.9. The highest BCUT2D eigenvalue weighted by atomic mass is 16.5. The van der Waals surface area contributed by atoms with E-state index in [1.54, 1.807) is 18.7 Å². The van der Waals surface area contributed by atoms with E-state index in [1.807, 2.05) is 24.3 Å². The first-order valence-corrected chi connectivity index (χ1v) is 6.15. The monoisotopic (exact) mass is 276 g/mol. The van der Waals surface area contributed by atoms with Crippen LogP contribution in [0.5, 0.6) is 11.5 Å². The van der Waals surface area contributed by atoms with Crippen LogP contribution in [0, 0.1) is 6.92 Å². The Morgan fingerprint density at radius 3 is 2.65 bits per heavy atom. The summed E-state index contributed by atoms with van der Waals surface area (Å²) >= 11 is 0. The molecular formula is C14H16N2O4. The van der Waals surface area contributed by atoms with Crippen molar-refractivity contribution in [2.75, 3.05) is 13.7 Å². The molecule has 0 bridgehead atoms. The van der Waals surface area contributed by atoms with Gasteiger partial charge >= 0.3 is 5.97 Å². The first-order chi connectivity index (χ1) is 9.63. The van der Waals surface area contributed by atoms with Gasteiger partial charge in [0.2, 0.25) is 0 Å². The van der Waals surface area contributed by atoms with Crippen LogP contribution in [0.25, 0.3) is 0 Å². The number of benzene rings is 1. The summed E-state index contributed by atoms with van der Waals surface area (Å²) < 4.78 is 12.4. The molecule has 0 amide bonds. The molecule has 0 unspecified atom stereocenters. The van der Waals surface area contributed by atoms with Crippen molar-refractivity contribution in [1.29, 1.82) is 0 Å². The van der Waals surface area contributed by atoms with Crippen molar-refractivity contribution in [1.82, 2.24) is 9.78 Å². The number of hydrogen-bond donors (Lipinski definition) is 1. The average molecular weight is 276 g/mol. The summed E-state index contributed by atoms with van der Waals surface area (Å²) in [6.45, 7) is 2.57. The second-order valence-corrected chi connectivity index (χ2v) is 4.17. The van der Waals surface area contributed by atoms with Crippen LogP contribution in [0.2, 0.25) is 0 Å². The van der Waals surface area contributed by atoms with E-state index in [2.05, 4.69) is 5.10 Å². The molecule has 1 N–H and O–H groups in total. The minimum absolute atomic E-state index is 0.210. The van der Waals surface area contributed by atoms with Crippen LogP contribution in [-0.4, -0.2) is 34.6 Å². The molecule has 1 aromatic heterocycles. The minimum Gasteiger partial charge on any atom is -0.493 e. The molecular weight excluding hydrogens is 260 g/mol. The number of rotatable bonds is 6. The van der Waals surface area contributed by atoms with Gasteiger partial charge in [-0.15, -0.1) is 0 Å². The van der Waals surface area contributed by atoms with Gasteiger partial charge in [0.05, 0.1) is 19.9 Å². The van der Waals surface area contributed by atoms with Gasteiger partial charge in [0.15, 0.2) is 11.5 Å². The third-order valence-corrected chi connectivity index (χ3v) is 2.96. The fourth-order valence-corrected chi connectivity index (χ4v) is 1.86. The quantitative estimate of drug-likeness (QED) is 0.873. The molecule has 0 spiro atoms. The van der Waals surface area contributed by atoms with Crippen LogP contribution >= 0.6 is 0 Å². The summed E-state index contributed by atoms with van der Waals surface area (Å²) in [5.74, 6) is 0.341. The van der Waals surface area contributed by atoms with Crippen molar-refractivity contribution < 1.29 is 19.4 Å². The maximum absolute atomic E-state index is 10.9. The number of methoxy groups -OCH3 is 1. The van der Waals surface area contributed by atoms with Crippen molar-refractivity contribution >= 4 is 5.97 Å². The Morgan fingerprint density at radius 2 is 2.05 bits per heavy atom. The van der Waals surface area contributed by atoms with Crippen LogP contribution in [0.4, 0.5) is 0 Å². The fourth-order valence-electron chi connectivity index (χ4n) is 1.86. The van der Waals surface area contributed by atoms with Gasteiger partial charge in [0, 0.05) is 5.69 Å². The van der Waals surface area contributed by atoms with Gasteiger partial charge in [0.1, 0.15) is 12.2 Å². The van der Waals surface area contributed by atoms with Gasteiger partial charge in [-0.05, 0) is 19.1 Å². The van der Waals surface area contributed by atoms with E-state index >= 15 is 0 Å². The molecule has 0 atom stereocenters. The number of para-hydroxylation sites is 2. The van der Waals surface area contributed by atoms with E-state index in [0.717, 1.165) is 0 Å². The SMILES string of the molecule is COc1ccccc1OCCn1ncc(C(=O)O)c1C. The van der Waals surface area contributed by atoms with Crippen LogP contribution in [-0.2, 0) is 6.54 Å². The minimum atomic E-state index is -0.973. The number of carbonyl (C=O) groups is 1. The molecule has 0 radical (unpaired) electrons. The van der Waals surface area contributed by atoms with E-state index < -0.39 is 5.97 Å². The lowest BCUT2D eigenvalue weighted by molar-refractivity contribution is 0.0696. The largest absolute Gasteiger partial charge is 0.493 e. The van der Waals surface area contributed by atoms with Gasteiger partial charge in [-0.3, -0.25) is 4.68 Å². The first-order valence-electron chi connectivity index (χ1n) is 6.15. The molecule has 2 aromatic rings. The number of carboxylic acid groups (broad SMARTS) is 1. The number of aromatic nitrogens is 2. The number of nitrogens with zero attached hydrogens (tertiary/aromatic N) is 2. The van der Waals surface area contributed by atoms with Crippen LogP contribution in [0.3, 0.4) is 0 Å². The zero-order valence-corrected chi connectivity index (χ0v) is 11.4. The molecule has 6 heteroatoms. The molecule has 1 aromatic carbocycles. The molecule has 6 nitrogen and oxygen atoms in total. The third-order valence-electron chi connectivity index (χ3n) is 2.96. The van der Waals surface area contributed by atoms with E-state index in [0.29, 0.717) is 30.3 Å². The van der Waals surface area contributed by atoms with Gasteiger partial charge in [-0.2, -0.15) is 5.10 Å². The zero-order chi connectivity index (χ0) is 14.5. The molecule has 0 saturated heterocycles. The second kappa shape index (κ2) is 6.10. The highest BCUT2D eigenvalue weighted by molar-refractivity contribution is 5.88. The van der Waals surface area contributed by atoms with Crippen molar-refractivity contribution in [3.8, 4) is 11.5 Å². The zero-order valence-electron chi connectivity index (χ0n) is 11.4. The van der Waals surface area contributed by atoms with E-state index in [9.17, 15) is 4.79 Å². The molecule has 1 heterocycles. The third kappa shape index (κ3) is 2.90. The van der Waals surface area contributed by atoms with Gasteiger partial charge < -0.3 is 14.6 Å². The molecule has 0 aliphatic rings. The highest BCUT2D eigenvalue weighted by Gasteiger charge is 2.12. The molecule has 20 heavy (non-hydrogen) atoms. The predicted molar refractivity (Wildman–Crippen MR) is 72.4 cm³/mol. The lowest BCUT2D eigenvalue weighted by Gasteiger charge is -2.11. The van der Waals surface area contributed by atoms with Crippen LogP contribution in [0.15, 0.2) is 30.5 Å². The number of aromatic carboxylic acids is 1. The Labute approximate surface area is 116 Å². The van der Waals surface area contributed by atoms with Crippen LogP contribution in [0.1, 0.15) is 16.1 Å². The normalized spacial score (nSPS) is 10.3. The first kappa shape index (κ1) is 13.9. The fraction of sp³-hybridized carbons (Fsp3) is 0.286. The number of carboxylic acids is 1. The molecule has 0 saturated carbocycles. The van der Waals surface area contributed by atoms with E-state index in [1.165, 1.54) is 6.20 Å². The lowest BCUT2D eigenvalue weighted by atomic mass is 10.3. The summed E-state index contributed by atoms with van der Waals surface area (Å²) in [5, 5.41) is 13.0. The Kier molecular flexibility index (Phi) is 4.24. The lowest BCUT2D eigenvalue weighted by Crippen LogP contribution is -2.12. The van der Waals surface area contributed by atoms with Gasteiger partial charge in [0.25, 0.3) is 0 Å². The number of hydrogen-bond acceptors (Lipinski definition) is 4. The molecule has 2 rings (SSSR count). The Hall–Kier alpha value is -2.50. The molecule has 0 fully saturated rings. The topological polar surface area (TPSA) is 73.6 Å². The average Bonchev–Trinajstić information content (AvgIpc) is 2.81. The summed E-state index contributed by atoms with van der Waals surface area (Å²) in [4.78, 5) is 10.9. The Bertz CT molecular complexity index is 607. The van der Waals surface area contributed by atoms with Crippen molar-refractivity contribution in [2.24, 2.45) is 0 Å². The summed E-state index contributed by atoms with van der Waals surface area (Å²) in [6, 6.07) is 7.36. The van der Waals surface area contributed by atoms with Crippen molar-refractivity contribution in [2.45, 2.75) is 13.5 Å². The summed E-state index contributed by atoms with van der Waals surface area (Å²) in [7, 11) is 1.58. The van der Waals surface area contributed by atoms with Gasteiger partial charge in [-0.1, -0.05) is 12.1 Å². The summed E-state index contributed by atoms with van der Waals surface area (Å²) in [5.41, 5.74) is 0.823. The molecule has 106 valence electrons. The smallest absolute Gasteiger partial charge is 0.339 e. The number of ether oxygens (including phenoxy) is 2. The highest BCUT2D eigenvalue weighted by Crippen LogP contribution is 2.25. The molecule has 0 aliphatic carbocycles. The Morgan fingerprint density at radius 1 is 1.35 bits per heavy atom. The maximum Gasteiger partial charge on any atom is 0.339 e. The Balaban J connectivity index is 1.98. The van der Waals surface area contributed by atoms with E-state index in [4.69, 9.17) is 14.6 Å².